The third kappa shape index (κ3) is 4.64. The van der Waals surface area contributed by atoms with Crippen LogP contribution in [-0.4, -0.2) is 38.1 Å². The lowest BCUT2D eigenvalue weighted by Crippen LogP contribution is -2.50. The normalized spacial score (nSPS) is 15.0. The highest BCUT2D eigenvalue weighted by Gasteiger charge is 2.31. The first kappa shape index (κ1) is 20.7. The monoisotopic (exact) mass is 437 g/mol. The first-order valence-electron chi connectivity index (χ1n) is 9.82. The molecule has 1 aliphatic rings. The van der Waals surface area contributed by atoms with Gasteiger partial charge in [0.05, 0.1) is 32.4 Å². The number of carbonyl (C=O) groups excluding carboxylic acids is 2. The van der Waals surface area contributed by atoms with Crippen molar-refractivity contribution < 1.29 is 19.1 Å². The summed E-state index contributed by atoms with van der Waals surface area (Å²) in [5.74, 6) is 0.606. The number of para-hydroxylation sites is 2. The molecule has 2 aromatic carbocycles. The fraction of sp³-hybridized carbons (Fsp3) is 0.217. The molecule has 7 nitrogen and oxygen atoms in total. The van der Waals surface area contributed by atoms with E-state index in [4.69, 9.17) is 15.2 Å². The topological polar surface area (TPSA) is 85.1 Å². The lowest BCUT2D eigenvalue weighted by atomic mass is 10.1. The fourth-order valence-electron chi connectivity index (χ4n) is 3.50. The maximum Gasteiger partial charge on any atom is 0.260 e. The van der Waals surface area contributed by atoms with Gasteiger partial charge in [0.15, 0.2) is 6.10 Å². The van der Waals surface area contributed by atoms with Gasteiger partial charge in [-0.3, -0.25) is 9.59 Å². The fourth-order valence-corrected chi connectivity index (χ4v) is 4.19. The predicted molar refractivity (Wildman–Crippen MR) is 121 cm³/mol. The summed E-state index contributed by atoms with van der Waals surface area (Å²) < 4.78 is 11.0. The van der Waals surface area contributed by atoms with E-state index in [-0.39, 0.29) is 19.0 Å². The average Bonchev–Trinajstić information content (AvgIpc) is 3.30. The predicted octanol–water partition coefficient (Wildman–Crippen LogP) is 3.04. The Morgan fingerprint density at radius 2 is 1.94 bits per heavy atom. The number of primary amides is 1. The first-order chi connectivity index (χ1) is 15.0. The van der Waals surface area contributed by atoms with Gasteiger partial charge < -0.3 is 25.0 Å². The van der Waals surface area contributed by atoms with Crippen LogP contribution in [0.2, 0.25) is 0 Å². The van der Waals surface area contributed by atoms with Crippen molar-refractivity contribution in [2.24, 2.45) is 5.73 Å². The molecule has 0 radical (unpaired) electrons. The molecule has 8 heteroatoms. The summed E-state index contributed by atoms with van der Waals surface area (Å²) in [4.78, 5) is 29.9. The van der Waals surface area contributed by atoms with Gasteiger partial charge in [-0.05, 0) is 47.8 Å². The van der Waals surface area contributed by atoms with E-state index in [0.29, 0.717) is 12.3 Å². The van der Waals surface area contributed by atoms with E-state index in [9.17, 15) is 9.59 Å². The molecule has 0 bridgehead atoms. The van der Waals surface area contributed by atoms with Crippen LogP contribution in [0.1, 0.15) is 4.88 Å². The van der Waals surface area contributed by atoms with Crippen LogP contribution in [0.4, 0.5) is 11.4 Å². The van der Waals surface area contributed by atoms with E-state index in [1.807, 2.05) is 64.9 Å². The molecule has 31 heavy (non-hydrogen) atoms. The molecular formula is C23H23N3O4S. The number of fused-ring (bicyclic) bond motifs is 1. The molecular weight excluding hydrogens is 414 g/mol. The molecule has 3 aromatic rings. The van der Waals surface area contributed by atoms with E-state index in [1.54, 1.807) is 29.4 Å². The summed E-state index contributed by atoms with van der Waals surface area (Å²) in [7, 11) is 1.61. The van der Waals surface area contributed by atoms with Crippen LogP contribution in [0.15, 0.2) is 66.0 Å². The van der Waals surface area contributed by atoms with Crippen molar-refractivity contribution in [2.45, 2.75) is 12.6 Å². The number of carbonyl (C=O) groups is 2. The average molecular weight is 438 g/mol. The summed E-state index contributed by atoms with van der Waals surface area (Å²) in [5, 5.41) is 1.99. The quantitative estimate of drug-likeness (QED) is 0.614. The molecule has 2 heterocycles. The second-order valence-electron chi connectivity index (χ2n) is 7.11. The summed E-state index contributed by atoms with van der Waals surface area (Å²) in [6, 6.07) is 18.7. The zero-order valence-electron chi connectivity index (χ0n) is 17.1. The molecule has 0 spiro atoms. The van der Waals surface area contributed by atoms with Crippen molar-refractivity contribution in [3.8, 4) is 11.5 Å². The second kappa shape index (κ2) is 9.09. The number of hydrogen-bond acceptors (Lipinski definition) is 6. The first-order valence-corrected chi connectivity index (χ1v) is 10.7. The number of amides is 2. The minimum absolute atomic E-state index is 0.0849. The summed E-state index contributed by atoms with van der Waals surface area (Å²) >= 11 is 1.60. The van der Waals surface area contributed by atoms with Crippen LogP contribution in [-0.2, 0) is 16.1 Å². The number of methoxy groups -OCH3 is 1. The van der Waals surface area contributed by atoms with Gasteiger partial charge in [-0.1, -0.05) is 18.2 Å². The number of ether oxygens (including phenoxy) is 2. The lowest BCUT2D eigenvalue weighted by Gasteiger charge is -2.35. The summed E-state index contributed by atoms with van der Waals surface area (Å²) in [6.45, 7) is 0.753. The molecule has 0 saturated carbocycles. The van der Waals surface area contributed by atoms with E-state index in [1.165, 1.54) is 0 Å². The number of benzene rings is 2. The van der Waals surface area contributed by atoms with Crippen LogP contribution < -0.4 is 25.0 Å². The highest BCUT2D eigenvalue weighted by atomic mass is 32.1. The van der Waals surface area contributed by atoms with Crippen LogP contribution in [0.3, 0.4) is 0 Å². The molecule has 1 aliphatic heterocycles. The standard InChI is InChI=1S/C23H23N3O4S/c1-29-17-10-8-16(9-11-17)26(13-18-5-4-12-31-18)22(27)15-25-14-21(23(24)28)30-20-7-3-2-6-19(20)25/h2-12,21H,13-15H2,1H3,(H2,24,28)/t21-/m0/s1. The van der Waals surface area contributed by atoms with Crippen LogP contribution in [0, 0.1) is 0 Å². The Bertz CT molecular complexity index is 1050. The second-order valence-corrected chi connectivity index (χ2v) is 8.15. The number of thiophene rings is 1. The molecule has 4 rings (SSSR count). The van der Waals surface area contributed by atoms with Crippen LogP contribution >= 0.6 is 11.3 Å². The third-order valence-corrected chi connectivity index (χ3v) is 5.95. The van der Waals surface area contributed by atoms with E-state index < -0.39 is 12.0 Å². The van der Waals surface area contributed by atoms with Gasteiger partial charge in [0, 0.05) is 10.6 Å². The van der Waals surface area contributed by atoms with Crippen molar-refractivity contribution in [3.05, 3.63) is 70.9 Å². The van der Waals surface area contributed by atoms with Crippen LogP contribution in [0.25, 0.3) is 0 Å². The Morgan fingerprint density at radius 3 is 2.61 bits per heavy atom. The smallest absolute Gasteiger partial charge is 0.260 e. The Balaban J connectivity index is 1.61. The molecule has 160 valence electrons. The SMILES string of the molecule is COc1ccc(N(Cc2cccs2)C(=O)CN2C[C@@H](C(N)=O)Oc3ccccc32)cc1. The zero-order chi connectivity index (χ0) is 21.8. The minimum Gasteiger partial charge on any atom is -0.497 e. The lowest BCUT2D eigenvalue weighted by molar-refractivity contribution is -0.125. The Labute approximate surface area is 184 Å². The molecule has 0 fully saturated rings. The molecule has 1 aromatic heterocycles. The third-order valence-electron chi connectivity index (χ3n) is 5.08. The maximum atomic E-state index is 13.5. The van der Waals surface area contributed by atoms with Gasteiger partial charge >= 0.3 is 0 Å². The highest BCUT2D eigenvalue weighted by molar-refractivity contribution is 7.09. The number of rotatable bonds is 7. The van der Waals surface area contributed by atoms with Gasteiger partial charge in [-0.25, -0.2) is 0 Å². The number of nitrogens with two attached hydrogens (primary N) is 1. The van der Waals surface area contributed by atoms with E-state index in [0.717, 1.165) is 22.0 Å². The Hall–Kier alpha value is -3.52. The number of anilines is 2. The van der Waals surface area contributed by atoms with Crippen molar-refractivity contribution in [2.75, 3.05) is 30.0 Å². The summed E-state index contributed by atoms with van der Waals surface area (Å²) in [6.07, 6.45) is -0.811. The van der Waals surface area contributed by atoms with Gasteiger partial charge in [-0.15, -0.1) is 11.3 Å². The molecule has 0 unspecified atom stereocenters. The molecule has 0 saturated heterocycles. The minimum atomic E-state index is -0.811. The van der Waals surface area contributed by atoms with Gasteiger partial charge in [-0.2, -0.15) is 0 Å². The van der Waals surface area contributed by atoms with Gasteiger partial charge in [0.1, 0.15) is 11.5 Å². The Morgan fingerprint density at radius 1 is 1.16 bits per heavy atom. The van der Waals surface area contributed by atoms with Crippen molar-refractivity contribution in [3.63, 3.8) is 0 Å². The molecule has 1 atom stereocenters. The number of hydrogen-bond donors (Lipinski definition) is 1. The van der Waals surface area contributed by atoms with Gasteiger partial charge in [0.25, 0.3) is 5.91 Å². The zero-order valence-corrected chi connectivity index (χ0v) is 17.9. The van der Waals surface area contributed by atoms with Crippen molar-refractivity contribution in [1.82, 2.24) is 0 Å². The van der Waals surface area contributed by atoms with Crippen molar-refractivity contribution >= 4 is 34.5 Å². The summed E-state index contributed by atoms with van der Waals surface area (Å²) in [5.41, 5.74) is 7.02. The van der Waals surface area contributed by atoms with Crippen molar-refractivity contribution in [1.29, 1.82) is 0 Å². The van der Waals surface area contributed by atoms with Crippen LogP contribution in [0.5, 0.6) is 11.5 Å². The maximum absolute atomic E-state index is 13.5. The number of nitrogens with zero attached hydrogens (tertiary/aromatic N) is 2. The Kier molecular flexibility index (Phi) is 6.08. The van der Waals surface area contributed by atoms with E-state index in [2.05, 4.69) is 0 Å². The van der Waals surface area contributed by atoms with E-state index >= 15 is 0 Å². The molecule has 0 aliphatic carbocycles. The molecule has 2 N–H and O–H groups in total. The largest absolute Gasteiger partial charge is 0.497 e. The highest BCUT2D eigenvalue weighted by Crippen LogP contribution is 2.33. The molecule has 2 amide bonds. The van der Waals surface area contributed by atoms with Gasteiger partial charge in [0.2, 0.25) is 5.91 Å².